The van der Waals surface area contributed by atoms with Crippen molar-refractivity contribution in [3.63, 3.8) is 0 Å². The van der Waals surface area contributed by atoms with E-state index in [0.29, 0.717) is 17.9 Å². The van der Waals surface area contributed by atoms with Crippen molar-refractivity contribution in [1.29, 1.82) is 0 Å². The van der Waals surface area contributed by atoms with Gasteiger partial charge in [-0.2, -0.15) is 0 Å². The van der Waals surface area contributed by atoms with E-state index in [2.05, 4.69) is 28.5 Å². The second kappa shape index (κ2) is 7.03. The molecule has 0 aromatic heterocycles. The minimum atomic E-state index is 0.485. The van der Waals surface area contributed by atoms with E-state index in [4.69, 9.17) is 10.5 Å². The quantitative estimate of drug-likeness (QED) is 0.664. The van der Waals surface area contributed by atoms with E-state index in [0.717, 1.165) is 18.7 Å². The van der Waals surface area contributed by atoms with E-state index in [1.165, 1.54) is 49.7 Å². The molecule has 0 amide bonds. The van der Waals surface area contributed by atoms with Crippen LogP contribution in [0.4, 0.5) is 0 Å². The minimum Gasteiger partial charge on any atom is -0.497 e. The van der Waals surface area contributed by atoms with Gasteiger partial charge in [-0.05, 0) is 55.4 Å². The summed E-state index contributed by atoms with van der Waals surface area (Å²) in [6.07, 6.45) is 8.62. The van der Waals surface area contributed by atoms with Gasteiger partial charge in [0.2, 0.25) is 0 Å². The average Bonchev–Trinajstić information content (AvgIpc) is 3.05. The molecule has 1 atom stereocenters. The van der Waals surface area contributed by atoms with Crippen molar-refractivity contribution < 1.29 is 4.74 Å². The number of hydrogen-bond acceptors (Lipinski definition) is 2. The highest BCUT2D eigenvalue weighted by atomic mass is 16.5. The number of benzene rings is 1. The summed E-state index contributed by atoms with van der Waals surface area (Å²) in [5.41, 5.74) is 8.89. The molecule has 1 saturated carbocycles. The predicted molar refractivity (Wildman–Crippen MR) is 90.6 cm³/mol. The largest absolute Gasteiger partial charge is 0.497 e. The Labute approximate surface area is 133 Å². The fraction of sp³-hybridized carbons (Fsp3) is 0.611. The van der Waals surface area contributed by atoms with Gasteiger partial charge in [0.05, 0.1) is 7.11 Å². The van der Waals surface area contributed by atoms with Gasteiger partial charge in [-0.3, -0.25) is 4.99 Å². The molecule has 1 unspecified atom stereocenters. The predicted octanol–water partition coefficient (Wildman–Crippen LogP) is 2.96. The number of fused-ring (bicyclic) bond motifs is 1. The Bertz CT molecular complexity index is 535. The molecule has 2 aliphatic rings. The molecule has 4 nitrogen and oxygen atoms in total. The molecule has 0 saturated heterocycles. The third-order valence-corrected chi connectivity index (χ3v) is 4.98. The maximum absolute atomic E-state index is 6.06. The zero-order valence-corrected chi connectivity index (χ0v) is 13.5. The van der Waals surface area contributed by atoms with E-state index in [1.807, 2.05) is 0 Å². The molecule has 120 valence electrons. The van der Waals surface area contributed by atoms with Crippen molar-refractivity contribution in [2.45, 2.75) is 56.9 Å². The summed E-state index contributed by atoms with van der Waals surface area (Å²) < 4.78 is 5.33. The first-order valence-electron chi connectivity index (χ1n) is 8.49. The molecule has 1 aromatic rings. The molecule has 3 rings (SSSR count). The molecule has 0 spiro atoms. The Morgan fingerprint density at radius 1 is 1.27 bits per heavy atom. The summed E-state index contributed by atoms with van der Waals surface area (Å²) in [6.45, 7) is 0.783. The molecule has 2 aliphatic carbocycles. The van der Waals surface area contributed by atoms with Crippen LogP contribution in [0.15, 0.2) is 23.2 Å². The highest BCUT2D eigenvalue weighted by Crippen LogP contribution is 2.33. The molecule has 3 N–H and O–H groups in total. The van der Waals surface area contributed by atoms with Crippen LogP contribution in [0.1, 0.15) is 55.6 Å². The van der Waals surface area contributed by atoms with Gasteiger partial charge in [-0.15, -0.1) is 0 Å². The SMILES string of the molecule is COc1ccc2c(c1)CCCC2CN=C(N)NC1CCCC1. The van der Waals surface area contributed by atoms with Gasteiger partial charge in [0, 0.05) is 18.5 Å². The first kappa shape index (κ1) is 15.2. The van der Waals surface area contributed by atoms with Crippen LogP contribution < -0.4 is 15.8 Å². The maximum atomic E-state index is 6.06. The van der Waals surface area contributed by atoms with Crippen molar-refractivity contribution >= 4 is 5.96 Å². The zero-order valence-electron chi connectivity index (χ0n) is 13.5. The van der Waals surface area contributed by atoms with Gasteiger partial charge in [-0.25, -0.2) is 0 Å². The minimum absolute atomic E-state index is 0.485. The first-order chi connectivity index (χ1) is 10.8. The summed E-state index contributed by atoms with van der Waals surface area (Å²) in [6, 6.07) is 6.96. The summed E-state index contributed by atoms with van der Waals surface area (Å²) >= 11 is 0. The van der Waals surface area contributed by atoms with E-state index in [9.17, 15) is 0 Å². The number of nitrogens with zero attached hydrogens (tertiary/aromatic N) is 1. The zero-order chi connectivity index (χ0) is 15.4. The van der Waals surface area contributed by atoms with Crippen molar-refractivity contribution in [1.82, 2.24) is 5.32 Å². The normalized spacial score (nSPS) is 22.4. The van der Waals surface area contributed by atoms with E-state index >= 15 is 0 Å². The number of hydrogen-bond donors (Lipinski definition) is 2. The van der Waals surface area contributed by atoms with Gasteiger partial charge in [0.25, 0.3) is 0 Å². The molecule has 1 fully saturated rings. The number of methoxy groups -OCH3 is 1. The number of guanidine groups is 1. The smallest absolute Gasteiger partial charge is 0.188 e. The standard InChI is InChI=1S/C18H27N3O/c1-22-16-9-10-17-13(11-16)5-4-6-14(17)12-20-18(19)21-15-7-2-3-8-15/h9-11,14-15H,2-8,12H2,1H3,(H3,19,20,21). The molecule has 22 heavy (non-hydrogen) atoms. The highest BCUT2D eigenvalue weighted by Gasteiger charge is 2.21. The topological polar surface area (TPSA) is 59.6 Å². The molecule has 0 radical (unpaired) electrons. The van der Waals surface area contributed by atoms with Gasteiger partial charge >= 0.3 is 0 Å². The second-order valence-corrected chi connectivity index (χ2v) is 6.51. The monoisotopic (exact) mass is 301 g/mol. The molecular formula is C18H27N3O. The number of aliphatic imine (C=N–C) groups is 1. The highest BCUT2D eigenvalue weighted by molar-refractivity contribution is 5.78. The van der Waals surface area contributed by atoms with Gasteiger partial charge in [-0.1, -0.05) is 18.9 Å². The Balaban J connectivity index is 1.63. The molecule has 4 heteroatoms. The van der Waals surface area contributed by atoms with Crippen LogP contribution in [0, 0.1) is 0 Å². The van der Waals surface area contributed by atoms with Crippen LogP contribution in [0.2, 0.25) is 0 Å². The fourth-order valence-electron chi connectivity index (χ4n) is 3.74. The summed E-state index contributed by atoms with van der Waals surface area (Å²) in [5.74, 6) is 2.05. The molecule has 0 aliphatic heterocycles. The van der Waals surface area contributed by atoms with Gasteiger partial charge in [0.1, 0.15) is 5.75 Å². The number of ether oxygens (including phenoxy) is 1. The van der Waals surface area contributed by atoms with Crippen LogP contribution >= 0.6 is 0 Å². The summed E-state index contributed by atoms with van der Waals surface area (Å²) in [5, 5.41) is 3.37. The molecule has 0 heterocycles. The number of aryl methyl sites for hydroxylation is 1. The Morgan fingerprint density at radius 2 is 2.09 bits per heavy atom. The third kappa shape index (κ3) is 3.54. The second-order valence-electron chi connectivity index (χ2n) is 6.51. The van der Waals surface area contributed by atoms with Crippen molar-refractivity contribution in [2.75, 3.05) is 13.7 Å². The van der Waals surface area contributed by atoms with Gasteiger partial charge in [0.15, 0.2) is 5.96 Å². The maximum Gasteiger partial charge on any atom is 0.188 e. The van der Waals surface area contributed by atoms with Crippen LogP contribution in [0.3, 0.4) is 0 Å². The van der Waals surface area contributed by atoms with E-state index < -0.39 is 0 Å². The fourth-order valence-corrected chi connectivity index (χ4v) is 3.74. The summed E-state index contributed by atoms with van der Waals surface area (Å²) in [4.78, 5) is 4.60. The summed E-state index contributed by atoms with van der Waals surface area (Å²) in [7, 11) is 1.72. The van der Waals surface area contributed by atoms with Crippen molar-refractivity contribution in [2.24, 2.45) is 10.7 Å². The molecule has 1 aromatic carbocycles. The van der Waals surface area contributed by atoms with E-state index in [-0.39, 0.29) is 0 Å². The van der Waals surface area contributed by atoms with Crippen LogP contribution in [0.25, 0.3) is 0 Å². The molecular weight excluding hydrogens is 274 g/mol. The average molecular weight is 301 g/mol. The lowest BCUT2D eigenvalue weighted by Crippen LogP contribution is -2.38. The van der Waals surface area contributed by atoms with Crippen molar-refractivity contribution in [3.8, 4) is 5.75 Å². The Morgan fingerprint density at radius 3 is 2.86 bits per heavy atom. The first-order valence-corrected chi connectivity index (χ1v) is 8.49. The van der Waals surface area contributed by atoms with Crippen LogP contribution in [-0.2, 0) is 6.42 Å². The third-order valence-electron chi connectivity index (χ3n) is 4.98. The van der Waals surface area contributed by atoms with E-state index in [1.54, 1.807) is 7.11 Å². The number of nitrogens with one attached hydrogen (secondary N) is 1. The number of rotatable bonds is 4. The van der Waals surface area contributed by atoms with Crippen LogP contribution in [0.5, 0.6) is 5.75 Å². The lowest BCUT2D eigenvalue weighted by Gasteiger charge is -2.25. The van der Waals surface area contributed by atoms with Crippen molar-refractivity contribution in [3.05, 3.63) is 29.3 Å². The van der Waals surface area contributed by atoms with Gasteiger partial charge < -0.3 is 15.8 Å². The lowest BCUT2D eigenvalue weighted by molar-refractivity contribution is 0.413. The number of nitrogens with two attached hydrogens (primary N) is 1. The Hall–Kier alpha value is -1.71. The molecule has 0 bridgehead atoms. The Kier molecular flexibility index (Phi) is 4.86. The lowest BCUT2D eigenvalue weighted by atomic mass is 9.83. The van der Waals surface area contributed by atoms with Crippen LogP contribution in [-0.4, -0.2) is 25.7 Å².